The second-order valence-electron chi connectivity index (χ2n) is 7.49. The lowest BCUT2D eigenvalue weighted by Crippen LogP contribution is -2.60. The molecule has 164 valence electrons. The van der Waals surface area contributed by atoms with Crippen LogP contribution in [-0.2, 0) is 24.3 Å². The number of rotatable bonds is 5. The zero-order valence-electron chi connectivity index (χ0n) is 17.5. The van der Waals surface area contributed by atoms with E-state index in [9.17, 15) is 22.8 Å². The van der Waals surface area contributed by atoms with Crippen LogP contribution in [0.5, 0.6) is 0 Å². The predicted molar refractivity (Wildman–Crippen MR) is 114 cm³/mol. The number of benzene rings is 2. The van der Waals surface area contributed by atoms with Gasteiger partial charge >= 0.3 is 5.97 Å². The van der Waals surface area contributed by atoms with Crippen molar-refractivity contribution < 1.29 is 27.5 Å². The molecule has 2 aromatic rings. The minimum atomic E-state index is -3.75. The normalized spacial score (nSPS) is 16.1. The fraction of sp³-hybridized carbons (Fsp3) is 0.286. The summed E-state index contributed by atoms with van der Waals surface area (Å²) < 4.78 is 31.4. The van der Waals surface area contributed by atoms with E-state index in [1.807, 2.05) is 0 Å². The molecule has 0 saturated heterocycles. The van der Waals surface area contributed by atoms with Crippen molar-refractivity contribution in [2.24, 2.45) is 0 Å². The van der Waals surface area contributed by atoms with Crippen molar-refractivity contribution in [1.82, 2.24) is 4.72 Å². The van der Waals surface area contributed by atoms with Gasteiger partial charge in [-0.1, -0.05) is 18.2 Å². The molecule has 3 rings (SSSR count). The summed E-state index contributed by atoms with van der Waals surface area (Å²) in [5.41, 5.74) is -0.273. The summed E-state index contributed by atoms with van der Waals surface area (Å²) in [6.07, 6.45) is -1.23. The number of hydrogen-bond acceptors (Lipinski definition) is 6. The van der Waals surface area contributed by atoms with Crippen molar-refractivity contribution in [1.29, 1.82) is 0 Å². The van der Waals surface area contributed by atoms with Crippen LogP contribution in [0.2, 0.25) is 0 Å². The Hall–Kier alpha value is -3.24. The summed E-state index contributed by atoms with van der Waals surface area (Å²) >= 11 is 0. The molecule has 10 heteroatoms. The Morgan fingerprint density at radius 2 is 1.81 bits per heavy atom. The Balaban J connectivity index is 1.86. The third-order valence-corrected chi connectivity index (χ3v) is 6.42. The number of para-hydroxylation sites is 2. The number of carbonyl (C=O) groups excluding carboxylic acids is 3. The van der Waals surface area contributed by atoms with E-state index in [2.05, 4.69) is 10.0 Å². The van der Waals surface area contributed by atoms with Gasteiger partial charge in [0.05, 0.1) is 21.8 Å². The number of ether oxygens (including phenoxy) is 1. The molecule has 2 amide bonds. The third-order valence-electron chi connectivity index (χ3n) is 5.01. The molecule has 1 heterocycles. The van der Waals surface area contributed by atoms with Crippen LogP contribution in [0.1, 0.15) is 31.1 Å². The molecule has 1 atom stereocenters. The van der Waals surface area contributed by atoms with Gasteiger partial charge in [-0.15, -0.1) is 0 Å². The van der Waals surface area contributed by atoms with Crippen molar-refractivity contribution in [2.45, 2.75) is 37.3 Å². The smallest absolute Gasteiger partial charge is 0.338 e. The van der Waals surface area contributed by atoms with E-state index in [1.54, 1.807) is 38.1 Å². The molecule has 2 aromatic carbocycles. The number of esters is 1. The average Bonchev–Trinajstić information content (AvgIpc) is 2.74. The summed E-state index contributed by atoms with van der Waals surface area (Å²) in [6.45, 7) is 4.59. The molecule has 1 aliphatic rings. The molecule has 0 unspecified atom stereocenters. The van der Waals surface area contributed by atoms with E-state index in [0.29, 0.717) is 11.4 Å². The van der Waals surface area contributed by atoms with Gasteiger partial charge in [-0.3, -0.25) is 14.5 Å². The molecule has 31 heavy (non-hydrogen) atoms. The number of sulfonamides is 1. The van der Waals surface area contributed by atoms with Gasteiger partial charge in [0.2, 0.25) is 15.9 Å². The van der Waals surface area contributed by atoms with Crippen LogP contribution in [0, 0.1) is 0 Å². The van der Waals surface area contributed by atoms with Gasteiger partial charge < -0.3 is 10.1 Å². The summed E-state index contributed by atoms with van der Waals surface area (Å²) in [5.74, 6) is -1.82. The number of carbonyl (C=O) groups is 3. The molecule has 2 N–H and O–H groups in total. The lowest BCUT2D eigenvalue weighted by Gasteiger charge is -2.42. The molecule has 1 aliphatic heterocycles. The number of amides is 2. The van der Waals surface area contributed by atoms with Crippen molar-refractivity contribution in [3.63, 3.8) is 0 Å². The quantitative estimate of drug-likeness (QED) is 0.678. The largest absolute Gasteiger partial charge is 0.449 e. The fourth-order valence-corrected chi connectivity index (χ4v) is 3.99. The Bertz CT molecular complexity index is 1160. The van der Waals surface area contributed by atoms with Crippen LogP contribution < -0.4 is 14.9 Å². The van der Waals surface area contributed by atoms with Gasteiger partial charge in [0.25, 0.3) is 5.91 Å². The lowest BCUT2D eigenvalue weighted by molar-refractivity contribution is -0.131. The summed E-state index contributed by atoms with van der Waals surface area (Å²) in [6, 6.07) is 12.1. The second kappa shape index (κ2) is 8.12. The minimum Gasteiger partial charge on any atom is -0.449 e. The van der Waals surface area contributed by atoms with Gasteiger partial charge in [0, 0.05) is 0 Å². The molecule has 9 nitrogen and oxygen atoms in total. The van der Waals surface area contributed by atoms with Crippen molar-refractivity contribution in [2.75, 3.05) is 17.3 Å². The first-order valence-electron chi connectivity index (χ1n) is 9.48. The molecule has 0 bridgehead atoms. The first-order chi connectivity index (χ1) is 14.5. The molecule has 0 spiro atoms. The van der Waals surface area contributed by atoms with Gasteiger partial charge in [-0.25, -0.2) is 17.9 Å². The zero-order chi connectivity index (χ0) is 23.0. The number of nitrogens with zero attached hydrogens (tertiary/aromatic N) is 1. The van der Waals surface area contributed by atoms with Gasteiger partial charge in [-0.05, 0) is 58.2 Å². The van der Waals surface area contributed by atoms with Gasteiger partial charge in [0.1, 0.15) is 5.54 Å². The van der Waals surface area contributed by atoms with Crippen LogP contribution in [0.25, 0.3) is 0 Å². The van der Waals surface area contributed by atoms with E-state index in [0.717, 1.165) is 0 Å². The maximum absolute atomic E-state index is 13.2. The number of fused-ring (bicyclic) bond motifs is 1. The number of nitrogens with one attached hydrogen (secondary N) is 2. The van der Waals surface area contributed by atoms with Crippen molar-refractivity contribution in [3.8, 4) is 0 Å². The number of anilines is 2. The SMILES string of the molecule is CNS(=O)(=O)c1cccc(C(=O)O[C@H](C)C(=O)N2c3ccccc3NC(=O)C2(C)C)c1. The highest BCUT2D eigenvalue weighted by Gasteiger charge is 2.45. The molecular weight excluding hydrogens is 422 g/mol. The Kier molecular flexibility index (Phi) is 5.88. The Labute approximate surface area is 180 Å². The van der Waals surface area contributed by atoms with E-state index in [4.69, 9.17) is 4.74 Å². The van der Waals surface area contributed by atoms with Crippen molar-refractivity contribution in [3.05, 3.63) is 54.1 Å². The highest BCUT2D eigenvalue weighted by molar-refractivity contribution is 7.89. The lowest BCUT2D eigenvalue weighted by atomic mass is 9.95. The third kappa shape index (κ3) is 4.17. The molecule has 0 aliphatic carbocycles. The zero-order valence-corrected chi connectivity index (χ0v) is 18.3. The average molecular weight is 445 g/mol. The molecule has 0 radical (unpaired) electrons. The van der Waals surface area contributed by atoms with E-state index in [-0.39, 0.29) is 16.4 Å². The van der Waals surface area contributed by atoms with Gasteiger partial charge in [-0.2, -0.15) is 0 Å². The topological polar surface area (TPSA) is 122 Å². The maximum Gasteiger partial charge on any atom is 0.338 e. The highest BCUT2D eigenvalue weighted by Crippen LogP contribution is 2.37. The van der Waals surface area contributed by atoms with E-state index >= 15 is 0 Å². The maximum atomic E-state index is 13.2. The van der Waals surface area contributed by atoms with Crippen LogP contribution in [0.3, 0.4) is 0 Å². The second-order valence-corrected chi connectivity index (χ2v) is 9.37. The van der Waals surface area contributed by atoms with Crippen LogP contribution in [-0.4, -0.2) is 44.9 Å². The fourth-order valence-electron chi connectivity index (χ4n) is 3.22. The molecular formula is C21H23N3O6S. The molecule has 0 saturated carbocycles. The Morgan fingerprint density at radius 3 is 2.48 bits per heavy atom. The van der Waals surface area contributed by atoms with Gasteiger partial charge in [0.15, 0.2) is 6.10 Å². The number of hydrogen-bond donors (Lipinski definition) is 2. The first kappa shape index (κ1) is 22.4. The first-order valence-corrected chi connectivity index (χ1v) is 11.0. The molecule has 0 aromatic heterocycles. The molecule has 0 fully saturated rings. The standard InChI is InChI=1S/C21H23N3O6S/c1-13(30-19(26)14-8-7-9-15(12-14)31(28,29)22-4)18(25)24-17-11-6-5-10-16(17)23-20(27)21(24,2)3/h5-13,22H,1-4H3,(H,23,27)/t13-/m1/s1. The van der Waals surface area contributed by atoms with Crippen molar-refractivity contribution >= 4 is 39.2 Å². The summed E-state index contributed by atoms with van der Waals surface area (Å²) in [4.78, 5) is 39.6. The van der Waals surface area contributed by atoms with E-state index in [1.165, 1.54) is 43.1 Å². The monoisotopic (exact) mass is 445 g/mol. The summed E-state index contributed by atoms with van der Waals surface area (Å²) in [5, 5.41) is 2.76. The van der Waals surface area contributed by atoms with Crippen LogP contribution in [0.15, 0.2) is 53.4 Å². The summed E-state index contributed by atoms with van der Waals surface area (Å²) in [7, 11) is -2.49. The van der Waals surface area contributed by atoms with Crippen LogP contribution in [0.4, 0.5) is 11.4 Å². The minimum absolute atomic E-state index is 0.0213. The Morgan fingerprint density at radius 1 is 1.13 bits per heavy atom. The van der Waals surface area contributed by atoms with Crippen LogP contribution >= 0.6 is 0 Å². The van der Waals surface area contributed by atoms with E-state index < -0.39 is 33.5 Å². The highest BCUT2D eigenvalue weighted by atomic mass is 32.2. The predicted octanol–water partition coefficient (Wildman–Crippen LogP) is 1.90.